The molecule has 0 spiro atoms. The van der Waals surface area contributed by atoms with E-state index in [2.05, 4.69) is 12.2 Å². The third-order valence-corrected chi connectivity index (χ3v) is 2.98. The van der Waals surface area contributed by atoms with Gasteiger partial charge in [-0.25, -0.2) is 0 Å². The van der Waals surface area contributed by atoms with Gasteiger partial charge in [-0.15, -0.1) is 0 Å². The molecule has 0 saturated carbocycles. The van der Waals surface area contributed by atoms with Crippen molar-refractivity contribution in [2.75, 3.05) is 20.1 Å². The topological polar surface area (TPSA) is 32.3 Å². The van der Waals surface area contributed by atoms with Crippen LogP contribution in [0, 0.1) is 5.92 Å². The zero-order valence-corrected chi connectivity index (χ0v) is 9.86. The Morgan fingerprint density at radius 2 is 2.19 bits per heavy atom. The molecule has 1 atom stereocenters. The maximum atomic E-state index is 12.0. The lowest BCUT2D eigenvalue weighted by atomic mass is 10.1. The summed E-state index contributed by atoms with van der Waals surface area (Å²) in [5, 5.41) is 3.14. The second kappa shape index (κ2) is 4.66. The number of hydrogen-bond acceptors (Lipinski definition) is 2. The van der Waals surface area contributed by atoms with E-state index in [1.54, 1.807) is 0 Å². The first-order valence-corrected chi connectivity index (χ1v) is 5.74. The van der Waals surface area contributed by atoms with Crippen LogP contribution in [0.3, 0.4) is 0 Å². The molecule has 86 valence electrons. The Balaban J connectivity index is 2.04. The summed E-state index contributed by atoms with van der Waals surface area (Å²) in [6.07, 6.45) is 0. The molecule has 0 saturated heterocycles. The van der Waals surface area contributed by atoms with E-state index in [9.17, 15) is 4.79 Å². The van der Waals surface area contributed by atoms with Crippen molar-refractivity contribution in [1.82, 2.24) is 10.2 Å². The summed E-state index contributed by atoms with van der Waals surface area (Å²) < 4.78 is 0. The maximum absolute atomic E-state index is 12.0. The number of rotatable bonds is 4. The second-order valence-electron chi connectivity index (χ2n) is 4.51. The van der Waals surface area contributed by atoms with E-state index >= 15 is 0 Å². The molecule has 0 fully saturated rings. The lowest BCUT2D eigenvalue weighted by Gasteiger charge is -2.20. The van der Waals surface area contributed by atoms with E-state index in [4.69, 9.17) is 0 Å². The molecule has 1 N–H and O–H groups in total. The van der Waals surface area contributed by atoms with E-state index in [1.165, 1.54) is 0 Å². The third-order valence-electron chi connectivity index (χ3n) is 2.98. The molecular formula is C13H18N2O. The third kappa shape index (κ3) is 2.09. The van der Waals surface area contributed by atoms with E-state index in [0.717, 1.165) is 30.8 Å². The smallest absolute Gasteiger partial charge is 0.254 e. The molecule has 0 bridgehead atoms. The first-order chi connectivity index (χ1) is 7.72. The van der Waals surface area contributed by atoms with Gasteiger partial charge in [0, 0.05) is 18.7 Å². The summed E-state index contributed by atoms with van der Waals surface area (Å²) in [6.45, 7) is 4.70. The molecule has 0 radical (unpaired) electrons. The van der Waals surface area contributed by atoms with Crippen molar-refractivity contribution in [1.29, 1.82) is 0 Å². The van der Waals surface area contributed by atoms with E-state index < -0.39 is 0 Å². The van der Waals surface area contributed by atoms with Crippen molar-refractivity contribution >= 4 is 5.91 Å². The predicted molar refractivity (Wildman–Crippen MR) is 64.3 cm³/mol. The number of nitrogens with zero attached hydrogens (tertiary/aromatic N) is 1. The first kappa shape index (κ1) is 11.1. The van der Waals surface area contributed by atoms with Gasteiger partial charge < -0.3 is 10.2 Å². The number of benzene rings is 1. The lowest BCUT2D eigenvalue weighted by molar-refractivity contribution is 0.0756. The zero-order valence-electron chi connectivity index (χ0n) is 9.86. The van der Waals surface area contributed by atoms with Crippen LogP contribution in [0.1, 0.15) is 22.8 Å². The van der Waals surface area contributed by atoms with Crippen molar-refractivity contribution in [2.24, 2.45) is 5.92 Å². The Morgan fingerprint density at radius 3 is 2.88 bits per heavy atom. The molecule has 1 aliphatic rings. The Bertz CT molecular complexity index is 389. The van der Waals surface area contributed by atoms with Gasteiger partial charge >= 0.3 is 0 Å². The number of carbonyl (C=O) groups is 1. The Hall–Kier alpha value is -1.35. The summed E-state index contributed by atoms with van der Waals surface area (Å²) in [5.74, 6) is 0.668. The molecule has 1 amide bonds. The summed E-state index contributed by atoms with van der Waals surface area (Å²) >= 11 is 0. The number of nitrogens with one attached hydrogen (secondary N) is 1. The molecule has 0 aromatic heterocycles. The average Bonchev–Trinajstić information content (AvgIpc) is 2.57. The predicted octanol–water partition coefficient (Wildman–Crippen LogP) is 1.50. The van der Waals surface area contributed by atoms with Crippen LogP contribution >= 0.6 is 0 Å². The fraction of sp³-hybridized carbons (Fsp3) is 0.462. The van der Waals surface area contributed by atoms with Crippen molar-refractivity contribution in [2.45, 2.75) is 13.5 Å². The largest absolute Gasteiger partial charge is 0.334 e. The number of carbonyl (C=O) groups excluding carboxylic acids is 1. The van der Waals surface area contributed by atoms with E-state index in [0.29, 0.717) is 5.92 Å². The summed E-state index contributed by atoms with van der Waals surface area (Å²) in [4.78, 5) is 14.0. The number of fused-ring (bicyclic) bond motifs is 1. The molecule has 16 heavy (non-hydrogen) atoms. The SMILES string of the molecule is CNCC(C)CN1Cc2ccccc2C1=O. The van der Waals surface area contributed by atoms with Crippen LogP contribution in [0.5, 0.6) is 0 Å². The molecule has 3 nitrogen and oxygen atoms in total. The molecule has 3 heteroatoms. The highest BCUT2D eigenvalue weighted by Gasteiger charge is 2.27. The first-order valence-electron chi connectivity index (χ1n) is 5.74. The molecule has 2 rings (SSSR count). The molecule has 0 aliphatic carbocycles. The molecule has 1 aromatic carbocycles. The molecule has 1 aromatic rings. The molecule has 1 aliphatic heterocycles. The van der Waals surface area contributed by atoms with Gasteiger partial charge in [0.1, 0.15) is 0 Å². The van der Waals surface area contributed by atoms with Crippen molar-refractivity contribution in [3.05, 3.63) is 35.4 Å². The fourth-order valence-electron chi connectivity index (χ4n) is 2.25. The van der Waals surface area contributed by atoms with Gasteiger partial charge in [0.2, 0.25) is 0 Å². The van der Waals surface area contributed by atoms with Crippen LogP contribution in [0.4, 0.5) is 0 Å². The van der Waals surface area contributed by atoms with Crippen molar-refractivity contribution in [3.63, 3.8) is 0 Å². The molecular weight excluding hydrogens is 200 g/mol. The van der Waals surface area contributed by atoms with Gasteiger partial charge in [0.15, 0.2) is 0 Å². The van der Waals surface area contributed by atoms with Gasteiger partial charge in [-0.05, 0) is 31.1 Å². The summed E-state index contributed by atoms with van der Waals surface area (Å²) in [5.41, 5.74) is 2.03. The van der Waals surface area contributed by atoms with Crippen LogP contribution in [0.2, 0.25) is 0 Å². The summed E-state index contributed by atoms with van der Waals surface area (Å²) in [6, 6.07) is 7.88. The van der Waals surface area contributed by atoms with Gasteiger partial charge in [-0.2, -0.15) is 0 Å². The van der Waals surface area contributed by atoms with Crippen LogP contribution in [-0.4, -0.2) is 30.9 Å². The van der Waals surface area contributed by atoms with E-state index in [1.807, 2.05) is 36.2 Å². The van der Waals surface area contributed by atoms with Crippen LogP contribution in [0.15, 0.2) is 24.3 Å². The van der Waals surface area contributed by atoms with E-state index in [-0.39, 0.29) is 5.91 Å². The monoisotopic (exact) mass is 218 g/mol. The zero-order chi connectivity index (χ0) is 11.5. The number of hydrogen-bond donors (Lipinski definition) is 1. The summed E-state index contributed by atoms with van der Waals surface area (Å²) in [7, 11) is 1.94. The maximum Gasteiger partial charge on any atom is 0.254 e. The Labute approximate surface area is 96.5 Å². The standard InChI is InChI=1S/C13H18N2O/c1-10(7-14-2)8-15-9-11-5-3-4-6-12(11)13(15)16/h3-6,10,14H,7-9H2,1-2H3. The van der Waals surface area contributed by atoms with Crippen LogP contribution in [-0.2, 0) is 6.54 Å². The second-order valence-corrected chi connectivity index (χ2v) is 4.51. The highest BCUT2D eigenvalue weighted by atomic mass is 16.2. The average molecular weight is 218 g/mol. The Kier molecular flexibility index (Phi) is 3.25. The fourth-order valence-corrected chi connectivity index (χ4v) is 2.25. The lowest BCUT2D eigenvalue weighted by Crippen LogP contribution is -2.32. The van der Waals surface area contributed by atoms with Crippen molar-refractivity contribution < 1.29 is 4.79 Å². The minimum Gasteiger partial charge on any atom is -0.334 e. The normalized spacial score (nSPS) is 16.4. The van der Waals surface area contributed by atoms with Gasteiger partial charge in [0.25, 0.3) is 5.91 Å². The highest BCUT2D eigenvalue weighted by Crippen LogP contribution is 2.22. The quantitative estimate of drug-likeness (QED) is 0.830. The minimum atomic E-state index is 0.179. The Morgan fingerprint density at radius 1 is 1.44 bits per heavy atom. The van der Waals surface area contributed by atoms with Gasteiger partial charge in [-0.3, -0.25) is 4.79 Å². The molecule has 1 unspecified atom stereocenters. The van der Waals surface area contributed by atoms with Gasteiger partial charge in [0.05, 0.1) is 0 Å². The van der Waals surface area contributed by atoms with Crippen LogP contribution in [0.25, 0.3) is 0 Å². The van der Waals surface area contributed by atoms with Crippen molar-refractivity contribution in [3.8, 4) is 0 Å². The highest BCUT2D eigenvalue weighted by molar-refractivity contribution is 5.98. The van der Waals surface area contributed by atoms with Crippen LogP contribution < -0.4 is 5.32 Å². The van der Waals surface area contributed by atoms with Gasteiger partial charge in [-0.1, -0.05) is 25.1 Å². The minimum absolute atomic E-state index is 0.179. The number of amides is 1. The molecule has 1 heterocycles.